The molecule has 2 rings (SSSR count). The van der Waals surface area contributed by atoms with Crippen LogP contribution in [-0.2, 0) is 6.42 Å². The molecular formula is C15H21BrN4. The van der Waals surface area contributed by atoms with Crippen molar-refractivity contribution < 1.29 is 0 Å². The lowest BCUT2D eigenvalue weighted by Gasteiger charge is -2.17. The van der Waals surface area contributed by atoms with E-state index in [1.54, 1.807) is 6.20 Å². The van der Waals surface area contributed by atoms with Crippen molar-refractivity contribution in [1.82, 2.24) is 20.1 Å². The van der Waals surface area contributed by atoms with Crippen LogP contribution in [0.1, 0.15) is 44.1 Å². The van der Waals surface area contributed by atoms with Gasteiger partial charge in [0.25, 0.3) is 0 Å². The minimum atomic E-state index is 0.237. The number of nitrogens with zero attached hydrogens (tertiary/aromatic N) is 3. The quantitative estimate of drug-likeness (QED) is 0.877. The van der Waals surface area contributed by atoms with Gasteiger partial charge in [-0.1, -0.05) is 6.92 Å². The zero-order chi connectivity index (χ0) is 14.5. The highest BCUT2D eigenvalue weighted by molar-refractivity contribution is 9.10. The van der Waals surface area contributed by atoms with Crippen LogP contribution in [0, 0.1) is 0 Å². The fraction of sp³-hybridized carbons (Fsp3) is 0.467. The average Bonchev–Trinajstić information content (AvgIpc) is 2.87. The van der Waals surface area contributed by atoms with Crippen LogP contribution in [0.5, 0.6) is 0 Å². The molecule has 0 bridgehead atoms. The minimum Gasteiger partial charge on any atom is -0.310 e. The molecular weight excluding hydrogens is 316 g/mol. The Bertz CT molecular complexity index is 550. The highest BCUT2D eigenvalue weighted by Crippen LogP contribution is 2.20. The van der Waals surface area contributed by atoms with Crippen LogP contribution in [-0.4, -0.2) is 21.3 Å². The Morgan fingerprint density at radius 2 is 2.15 bits per heavy atom. The third-order valence-corrected chi connectivity index (χ3v) is 3.62. The van der Waals surface area contributed by atoms with E-state index in [2.05, 4.69) is 64.2 Å². The molecule has 5 heteroatoms. The number of nitrogens with one attached hydrogen (secondary N) is 1. The van der Waals surface area contributed by atoms with Gasteiger partial charge in [-0.05, 0) is 54.0 Å². The van der Waals surface area contributed by atoms with Crippen molar-refractivity contribution in [3.8, 4) is 0 Å². The van der Waals surface area contributed by atoms with E-state index in [9.17, 15) is 0 Å². The Kier molecular flexibility index (Phi) is 5.31. The second-order valence-corrected chi connectivity index (χ2v) is 6.05. The molecule has 1 unspecified atom stereocenters. The van der Waals surface area contributed by atoms with Gasteiger partial charge in [-0.2, -0.15) is 5.10 Å². The van der Waals surface area contributed by atoms with Gasteiger partial charge in [0.1, 0.15) is 0 Å². The summed E-state index contributed by atoms with van der Waals surface area (Å²) in [4.78, 5) is 4.25. The topological polar surface area (TPSA) is 42.7 Å². The molecule has 2 heterocycles. The van der Waals surface area contributed by atoms with Gasteiger partial charge in [0, 0.05) is 41.6 Å². The van der Waals surface area contributed by atoms with Gasteiger partial charge in [-0.15, -0.1) is 0 Å². The van der Waals surface area contributed by atoms with Gasteiger partial charge in [-0.3, -0.25) is 9.67 Å². The summed E-state index contributed by atoms with van der Waals surface area (Å²) in [5.74, 6) is 0. The fourth-order valence-corrected chi connectivity index (χ4v) is 2.54. The van der Waals surface area contributed by atoms with Gasteiger partial charge < -0.3 is 5.32 Å². The predicted molar refractivity (Wildman–Crippen MR) is 84.7 cm³/mol. The van der Waals surface area contributed by atoms with Crippen molar-refractivity contribution >= 4 is 15.9 Å². The van der Waals surface area contributed by atoms with Crippen molar-refractivity contribution in [3.05, 3.63) is 46.5 Å². The van der Waals surface area contributed by atoms with E-state index in [0.29, 0.717) is 6.04 Å². The van der Waals surface area contributed by atoms with Crippen LogP contribution in [0.4, 0.5) is 0 Å². The lowest BCUT2D eigenvalue weighted by atomic mass is 10.0. The third-order valence-electron chi connectivity index (χ3n) is 3.18. The van der Waals surface area contributed by atoms with Crippen molar-refractivity contribution in [2.75, 3.05) is 6.54 Å². The molecule has 2 aromatic heterocycles. The maximum Gasteiger partial charge on any atom is 0.0643 e. The van der Waals surface area contributed by atoms with Gasteiger partial charge >= 0.3 is 0 Å². The van der Waals surface area contributed by atoms with Crippen LogP contribution < -0.4 is 5.32 Å². The SMILES string of the molecule is CCNC(Cc1ccn(C(C)C)n1)c1cncc(Br)c1. The predicted octanol–water partition coefficient (Wildman–Crippen LogP) is 3.51. The van der Waals surface area contributed by atoms with Crippen molar-refractivity contribution in [2.24, 2.45) is 0 Å². The second kappa shape index (κ2) is 6.99. The summed E-state index contributed by atoms with van der Waals surface area (Å²) in [6.07, 6.45) is 6.63. The first-order valence-electron chi connectivity index (χ1n) is 6.98. The molecule has 0 amide bonds. The standard InChI is InChI=1S/C15H21BrN4/c1-4-18-15(12-7-13(16)10-17-9-12)8-14-5-6-20(19-14)11(2)3/h5-7,9-11,15,18H,4,8H2,1-3H3. The number of rotatable bonds is 6. The molecule has 20 heavy (non-hydrogen) atoms. The molecule has 0 aromatic carbocycles. The van der Waals surface area contributed by atoms with Crippen molar-refractivity contribution in [1.29, 1.82) is 0 Å². The Morgan fingerprint density at radius 1 is 1.35 bits per heavy atom. The molecule has 0 aliphatic carbocycles. The lowest BCUT2D eigenvalue weighted by molar-refractivity contribution is 0.506. The summed E-state index contributed by atoms with van der Waals surface area (Å²) in [5, 5.41) is 8.13. The van der Waals surface area contributed by atoms with E-state index in [4.69, 9.17) is 0 Å². The minimum absolute atomic E-state index is 0.237. The number of aromatic nitrogens is 3. The molecule has 0 saturated carbocycles. The molecule has 2 aromatic rings. The number of likely N-dealkylation sites (N-methyl/N-ethyl adjacent to an activating group) is 1. The van der Waals surface area contributed by atoms with E-state index >= 15 is 0 Å². The van der Waals surface area contributed by atoms with Gasteiger partial charge in [0.05, 0.1) is 5.69 Å². The monoisotopic (exact) mass is 336 g/mol. The van der Waals surface area contributed by atoms with Gasteiger partial charge in [0.15, 0.2) is 0 Å². The number of pyridine rings is 1. The van der Waals surface area contributed by atoms with Crippen molar-refractivity contribution in [2.45, 2.75) is 39.3 Å². The smallest absolute Gasteiger partial charge is 0.0643 e. The summed E-state index contributed by atoms with van der Waals surface area (Å²) in [5.41, 5.74) is 2.28. The van der Waals surface area contributed by atoms with Gasteiger partial charge in [-0.25, -0.2) is 0 Å². The average molecular weight is 337 g/mol. The molecule has 0 saturated heterocycles. The summed E-state index contributed by atoms with van der Waals surface area (Å²) >= 11 is 3.48. The van der Waals surface area contributed by atoms with E-state index < -0.39 is 0 Å². The summed E-state index contributed by atoms with van der Waals surface area (Å²) < 4.78 is 3.00. The van der Waals surface area contributed by atoms with Crippen LogP contribution in [0.25, 0.3) is 0 Å². The first kappa shape index (κ1) is 15.2. The summed E-state index contributed by atoms with van der Waals surface area (Å²) in [6, 6.07) is 4.84. The zero-order valence-electron chi connectivity index (χ0n) is 12.2. The molecule has 1 N–H and O–H groups in total. The number of hydrogen-bond donors (Lipinski definition) is 1. The molecule has 0 spiro atoms. The van der Waals surface area contributed by atoms with E-state index in [-0.39, 0.29) is 6.04 Å². The van der Waals surface area contributed by atoms with E-state index in [1.165, 1.54) is 5.56 Å². The molecule has 0 aliphatic heterocycles. The Hall–Kier alpha value is -1.20. The molecule has 0 fully saturated rings. The second-order valence-electron chi connectivity index (χ2n) is 5.13. The first-order chi connectivity index (χ1) is 9.60. The van der Waals surface area contributed by atoms with E-state index in [1.807, 2.05) is 17.1 Å². The number of hydrogen-bond acceptors (Lipinski definition) is 3. The van der Waals surface area contributed by atoms with E-state index in [0.717, 1.165) is 23.1 Å². The third kappa shape index (κ3) is 3.90. The molecule has 1 atom stereocenters. The molecule has 0 aliphatic rings. The summed E-state index contributed by atoms with van der Waals surface area (Å²) in [7, 11) is 0. The maximum atomic E-state index is 4.62. The zero-order valence-corrected chi connectivity index (χ0v) is 13.8. The van der Waals surface area contributed by atoms with Crippen LogP contribution >= 0.6 is 15.9 Å². The Balaban J connectivity index is 2.16. The highest BCUT2D eigenvalue weighted by atomic mass is 79.9. The molecule has 108 valence electrons. The van der Waals surface area contributed by atoms with Crippen LogP contribution in [0.15, 0.2) is 35.2 Å². The fourth-order valence-electron chi connectivity index (χ4n) is 2.16. The molecule has 4 nitrogen and oxygen atoms in total. The van der Waals surface area contributed by atoms with Gasteiger partial charge in [0.2, 0.25) is 0 Å². The maximum absolute atomic E-state index is 4.62. The normalized spacial score (nSPS) is 12.8. The highest BCUT2D eigenvalue weighted by Gasteiger charge is 2.14. The summed E-state index contributed by atoms with van der Waals surface area (Å²) in [6.45, 7) is 7.31. The Morgan fingerprint density at radius 3 is 2.75 bits per heavy atom. The van der Waals surface area contributed by atoms with Crippen molar-refractivity contribution in [3.63, 3.8) is 0 Å². The Labute approximate surface area is 128 Å². The largest absolute Gasteiger partial charge is 0.310 e. The first-order valence-corrected chi connectivity index (χ1v) is 7.77. The molecule has 0 radical (unpaired) electrons. The van der Waals surface area contributed by atoms with Crippen LogP contribution in [0.2, 0.25) is 0 Å². The number of halogens is 1. The van der Waals surface area contributed by atoms with Crippen LogP contribution in [0.3, 0.4) is 0 Å². The lowest BCUT2D eigenvalue weighted by Crippen LogP contribution is -2.23.